The highest BCUT2D eigenvalue weighted by molar-refractivity contribution is 7.91. The Morgan fingerprint density at radius 2 is 2.05 bits per heavy atom. The smallest absolute Gasteiger partial charge is 0.306 e. The van der Waals surface area contributed by atoms with Crippen molar-refractivity contribution in [2.75, 3.05) is 12.5 Å². The highest BCUT2D eigenvalue weighted by atomic mass is 32.2. The van der Waals surface area contributed by atoms with E-state index in [4.69, 9.17) is 5.84 Å². The summed E-state index contributed by atoms with van der Waals surface area (Å²) in [5.74, 6) is 5.54. The topological polar surface area (TPSA) is 119 Å². The van der Waals surface area contributed by atoms with Crippen LogP contribution in [0.3, 0.4) is 0 Å². The Morgan fingerprint density at radius 1 is 1.48 bits per heavy atom. The van der Waals surface area contributed by atoms with Crippen LogP contribution in [0.2, 0.25) is 0 Å². The number of hydrogen-bond acceptors (Lipinski definition) is 7. The Morgan fingerprint density at radius 3 is 2.43 bits per heavy atom. The third-order valence-electron chi connectivity index (χ3n) is 3.08. The van der Waals surface area contributed by atoms with Crippen molar-refractivity contribution < 1.29 is 13.3 Å². The van der Waals surface area contributed by atoms with Crippen LogP contribution in [0.5, 0.6) is 0 Å². The molecule has 1 aromatic rings. The van der Waals surface area contributed by atoms with Crippen molar-refractivity contribution >= 4 is 32.0 Å². The zero-order valence-corrected chi connectivity index (χ0v) is 14.0. The molecule has 8 nitrogen and oxygen atoms in total. The summed E-state index contributed by atoms with van der Waals surface area (Å²) >= 11 is 0.752. The summed E-state index contributed by atoms with van der Waals surface area (Å²) < 4.78 is 26.2. The van der Waals surface area contributed by atoms with Gasteiger partial charge < -0.3 is 5.43 Å². The number of nitrogens with zero attached hydrogens (tertiary/aromatic N) is 2. The molecule has 1 atom stereocenters. The molecule has 1 aromatic heterocycles. The van der Waals surface area contributed by atoms with Gasteiger partial charge in [0.05, 0.1) is 4.92 Å². The number of anilines is 1. The molecule has 0 aliphatic heterocycles. The molecule has 1 rings (SSSR count). The minimum atomic E-state index is -3.78. The molecule has 3 N–H and O–H groups in total. The van der Waals surface area contributed by atoms with E-state index < -0.39 is 14.9 Å². The predicted molar refractivity (Wildman–Crippen MR) is 82.6 cm³/mol. The number of thiophene rings is 1. The number of nitrogens with two attached hydrogens (primary N) is 1. The first-order valence-electron chi connectivity index (χ1n) is 6.34. The fourth-order valence-electron chi connectivity index (χ4n) is 1.94. The molecule has 0 aromatic carbocycles. The zero-order valence-electron chi connectivity index (χ0n) is 12.4. The van der Waals surface area contributed by atoms with Crippen LogP contribution in [-0.4, -0.2) is 30.7 Å². The molecule has 0 amide bonds. The lowest BCUT2D eigenvalue weighted by Gasteiger charge is -2.24. The van der Waals surface area contributed by atoms with Crippen molar-refractivity contribution in [1.82, 2.24) is 4.31 Å². The monoisotopic (exact) mass is 336 g/mol. The Labute approximate surface area is 128 Å². The van der Waals surface area contributed by atoms with E-state index in [2.05, 4.69) is 5.43 Å². The molecule has 0 spiro atoms. The summed E-state index contributed by atoms with van der Waals surface area (Å²) in [5, 5.41) is 10.9. The lowest BCUT2D eigenvalue weighted by molar-refractivity contribution is -0.383. The maximum Gasteiger partial charge on any atom is 0.306 e. The van der Waals surface area contributed by atoms with E-state index in [1.165, 1.54) is 11.4 Å². The molecule has 0 bridgehead atoms. The number of nitro groups is 1. The van der Waals surface area contributed by atoms with Crippen molar-refractivity contribution in [3.63, 3.8) is 0 Å². The van der Waals surface area contributed by atoms with Crippen LogP contribution < -0.4 is 11.3 Å². The summed E-state index contributed by atoms with van der Waals surface area (Å²) in [7, 11) is -2.30. The lowest BCUT2D eigenvalue weighted by atomic mass is 10.1. The van der Waals surface area contributed by atoms with Gasteiger partial charge in [0.2, 0.25) is 0 Å². The van der Waals surface area contributed by atoms with Gasteiger partial charge in [-0.3, -0.25) is 10.1 Å². The van der Waals surface area contributed by atoms with Gasteiger partial charge in [-0.05, 0) is 19.3 Å². The lowest BCUT2D eigenvalue weighted by Crippen LogP contribution is -2.35. The van der Waals surface area contributed by atoms with Gasteiger partial charge in [-0.15, -0.1) is 0 Å². The average molecular weight is 336 g/mol. The first kappa shape index (κ1) is 17.8. The van der Waals surface area contributed by atoms with E-state index in [9.17, 15) is 18.5 Å². The number of nitrogen functional groups attached to an aromatic ring is 1. The SMILES string of the molecule is CC(C)CC(C)N(C)S(=O)(=O)c1cc([N+](=O)[O-])c(NN)s1. The van der Waals surface area contributed by atoms with Gasteiger partial charge in [-0.1, -0.05) is 25.2 Å². The van der Waals surface area contributed by atoms with Gasteiger partial charge in [-0.2, -0.15) is 4.31 Å². The number of hydrogen-bond donors (Lipinski definition) is 2. The molecule has 21 heavy (non-hydrogen) atoms. The van der Waals surface area contributed by atoms with Crippen molar-refractivity contribution in [2.24, 2.45) is 11.8 Å². The second-order valence-electron chi connectivity index (χ2n) is 5.18. The molecule has 0 aliphatic carbocycles. The van der Waals surface area contributed by atoms with E-state index in [1.54, 1.807) is 0 Å². The van der Waals surface area contributed by atoms with E-state index in [0.717, 1.165) is 17.4 Å². The fourth-order valence-corrected chi connectivity index (χ4v) is 4.73. The summed E-state index contributed by atoms with van der Waals surface area (Å²) in [6.07, 6.45) is 0.700. The average Bonchev–Trinajstić information content (AvgIpc) is 2.81. The summed E-state index contributed by atoms with van der Waals surface area (Å²) in [6, 6.07) is 0.832. The number of rotatable bonds is 7. The quantitative estimate of drug-likeness (QED) is 0.446. The largest absolute Gasteiger partial charge is 0.310 e. The van der Waals surface area contributed by atoms with E-state index in [0.29, 0.717) is 12.3 Å². The van der Waals surface area contributed by atoms with E-state index >= 15 is 0 Å². The van der Waals surface area contributed by atoms with Gasteiger partial charge in [0.1, 0.15) is 4.21 Å². The van der Waals surface area contributed by atoms with Crippen LogP contribution in [0.25, 0.3) is 0 Å². The van der Waals surface area contributed by atoms with Crippen molar-refractivity contribution in [3.8, 4) is 0 Å². The molecular formula is C11H20N4O4S2. The fraction of sp³-hybridized carbons (Fsp3) is 0.636. The predicted octanol–water partition coefficient (Wildman–Crippen LogP) is 2.00. The molecule has 0 aliphatic rings. The Balaban J connectivity index is 3.16. The third kappa shape index (κ3) is 3.90. The molecule has 1 heterocycles. The molecule has 120 valence electrons. The maximum atomic E-state index is 12.5. The first-order valence-corrected chi connectivity index (χ1v) is 8.59. The highest BCUT2D eigenvalue weighted by Gasteiger charge is 2.31. The van der Waals surface area contributed by atoms with E-state index in [1.807, 2.05) is 20.8 Å². The van der Waals surface area contributed by atoms with Crippen molar-refractivity contribution in [1.29, 1.82) is 0 Å². The highest BCUT2D eigenvalue weighted by Crippen LogP contribution is 2.37. The normalized spacial score (nSPS) is 13.7. The van der Waals surface area contributed by atoms with Gasteiger partial charge in [0.25, 0.3) is 10.0 Å². The second-order valence-corrected chi connectivity index (χ2v) is 8.46. The van der Waals surface area contributed by atoms with Crippen molar-refractivity contribution in [3.05, 3.63) is 16.2 Å². The molecule has 0 saturated heterocycles. The van der Waals surface area contributed by atoms with Gasteiger partial charge in [0, 0.05) is 19.2 Å². The van der Waals surface area contributed by atoms with Crippen LogP contribution in [0, 0.1) is 16.0 Å². The summed E-state index contributed by atoms with van der Waals surface area (Å²) in [6.45, 7) is 5.81. The Hall–Kier alpha value is -1.23. The Kier molecular flexibility index (Phi) is 5.68. The summed E-state index contributed by atoms with van der Waals surface area (Å²) in [4.78, 5) is 10.2. The molecular weight excluding hydrogens is 316 g/mol. The van der Waals surface area contributed by atoms with E-state index in [-0.39, 0.29) is 20.9 Å². The minimum absolute atomic E-state index is 0.0171. The third-order valence-corrected chi connectivity index (χ3v) is 6.56. The van der Waals surface area contributed by atoms with Crippen molar-refractivity contribution in [2.45, 2.75) is 37.4 Å². The first-order chi connectivity index (χ1) is 9.61. The molecule has 0 radical (unpaired) electrons. The minimum Gasteiger partial charge on any atom is -0.310 e. The molecule has 0 saturated carbocycles. The second kappa shape index (κ2) is 6.69. The standard InChI is InChI=1S/C11H20N4O4S2/c1-7(2)5-8(3)14(4)21(18,19)10-6-9(15(16)17)11(13-12)20-10/h6-8,13H,5,12H2,1-4H3. The molecule has 0 fully saturated rings. The van der Waals surface area contributed by atoms with Crippen LogP contribution in [0.15, 0.2) is 10.3 Å². The van der Waals surface area contributed by atoms with Crippen LogP contribution >= 0.6 is 11.3 Å². The number of hydrazine groups is 1. The maximum absolute atomic E-state index is 12.5. The molecule has 10 heteroatoms. The van der Waals surface area contributed by atoms with Gasteiger partial charge in [-0.25, -0.2) is 14.3 Å². The molecule has 1 unspecified atom stereocenters. The Bertz CT molecular complexity index is 612. The van der Waals surface area contributed by atoms with Crippen LogP contribution in [0.4, 0.5) is 10.7 Å². The van der Waals surface area contributed by atoms with Crippen LogP contribution in [0.1, 0.15) is 27.2 Å². The number of sulfonamides is 1. The van der Waals surface area contributed by atoms with Gasteiger partial charge >= 0.3 is 5.69 Å². The number of nitrogens with one attached hydrogen (secondary N) is 1. The van der Waals surface area contributed by atoms with Gasteiger partial charge in [0.15, 0.2) is 5.00 Å². The zero-order chi connectivity index (χ0) is 16.4. The van der Waals surface area contributed by atoms with Crippen LogP contribution in [-0.2, 0) is 10.0 Å². The summed E-state index contributed by atoms with van der Waals surface area (Å²) in [5.41, 5.74) is 1.82.